The molecule has 2 aliphatic rings. The van der Waals surface area contributed by atoms with Crippen LogP contribution in [0.3, 0.4) is 0 Å². The topological polar surface area (TPSA) is 211 Å². The van der Waals surface area contributed by atoms with Crippen LogP contribution in [0, 0.1) is 0 Å². The molecule has 0 radical (unpaired) electrons. The van der Waals surface area contributed by atoms with Crippen molar-refractivity contribution in [1.29, 1.82) is 0 Å². The normalized spacial score (nSPS) is 15.9. The summed E-state index contributed by atoms with van der Waals surface area (Å²) in [4.78, 5) is 22.2. The number of nitrogens with two attached hydrogens (primary N) is 2. The smallest absolute Gasteiger partial charge is 0.272 e. The Labute approximate surface area is 288 Å². The number of hydrogen-bond donors (Lipinski definition) is 3. The van der Waals surface area contributed by atoms with Gasteiger partial charge < -0.3 is 11.5 Å². The van der Waals surface area contributed by atoms with Crippen LogP contribution < -0.4 is 11.5 Å². The van der Waals surface area contributed by atoms with Gasteiger partial charge in [0, 0.05) is 22.3 Å². The van der Waals surface area contributed by atoms with Crippen molar-refractivity contribution in [2.24, 2.45) is 31.4 Å². The van der Waals surface area contributed by atoms with Crippen molar-refractivity contribution in [3.05, 3.63) is 58.7 Å². The molecule has 0 amide bonds. The van der Waals surface area contributed by atoms with E-state index < -0.39 is 19.7 Å². The predicted molar refractivity (Wildman–Crippen MR) is 194 cm³/mol. The third-order valence-corrected chi connectivity index (χ3v) is 12.2. The number of aromatic amines is 1. The van der Waals surface area contributed by atoms with E-state index in [9.17, 15) is 16.8 Å². The molecule has 0 saturated heterocycles. The molecule has 0 saturated carbocycles. The van der Waals surface area contributed by atoms with Gasteiger partial charge in [-0.05, 0) is 49.2 Å². The van der Waals surface area contributed by atoms with Gasteiger partial charge in [0.25, 0.3) is 5.95 Å². The van der Waals surface area contributed by atoms with Crippen LogP contribution in [0.2, 0.25) is 0 Å². The van der Waals surface area contributed by atoms with Crippen LogP contribution in [0.1, 0.15) is 113 Å². The number of fused-ring (bicyclic) bond motifs is 2. The summed E-state index contributed by atoms with van der Waals surface area (Å²) < 4.78 is 52.2. The van der Waals surface area contributed by atoms with Crippen molar-refractivity contribution in [2.75, 3.05) is 11.5 Å². The lowest BCUT2D eigenvalue weighted by atomic mass is 10.1. The molecular weight excluding hydrogens is 663 g/mol. The quantitative estimate of drug-likeness (QED) is 0.140. The van der Waals surface area contributed by atoms with E-state index in [4.69, 9.17) is 11.5 Å². The molecule has 5 rings (SSSR count). The van der Waals surface area contributed by atoms with Crippen molar-refractivity contribution >= 4 is 54.9 Å². The fourth-order valence-electron chi connectivity index (χ4n) is 5.81. The Morgan fingerprint density at radius 3 is 1.69 bits per heavy atom. The van der Waals surface area contributed by atoms with Crippen molar-refractivity contribution < 1.29 is 16.8 Å². The van der Waals surface area contributed by atoms with Gasteiger partial charge in [0.15, 0.2) is 31.3 Å². The molecule has 3 heterocycles. The second kappa shape index (κ2) is 16.0. The lowest BCUT2D eigenvalue weighted by molar-refractivity contribution is 0.582. The largest absolute Gasteiger partial charge is 0.383 e. The van der Waals surface area contributed by atoms with Crippen LogP contribution in [0.15, 0.2) is 66.2 Å². The molecule has 15 heteroatoms. The highest BCUT2D eigenvalue weighted by atomic mass is 32.2. The van der Waals surface area contributed by atoms with Crippen molar-refractivity contribution in [1.82, 2.24) is 15.2 Å². The number of benzene rings is 2. The Kier molecular flexibility index (Phi) is 11.8. The molecule has 0 unspecified atom stereocenters. The first-order chi connectivity index (χ1) is 23.5. The highest BCUT2D eigenvalue weighted by molar-refractivity contribution is 7.91. The van der Waals surface area contributed by atoms with E-state index in [1.807, 2.05) is 0 Å². The van der Waals surface area contributed by atoms with Gasteiger partial charge in [-0.25, -0.2) is 31.9 Å². The number of nitrogens with one attached hydrogen (secondary N) is 1. The summed E-state index contributed by atoms with van der Waals surface area (Å²) >= 11 is 0. The van der Waals surface area contributed by atoms with E-state index in [0.29, 0.717) is 35.1 Å². The summed E-state index contributed by atoms with van der Waals surface area (Å²) in [6, 6.07) is 9.49. The zero-order valence-corrected chi connectivity index (χ0v) is 29.8. The Bertz CT molecular complexity index is 2010. The molecule has 1 aromatic heterocycles. The van der Waals surface area contributed by atoms with E-state index in [1.54, 1.807) is 36.4 Å². The fourth-order valence-corrected chi connectivity index (χ4v) is 8.59. The minimum absolute atomic E-state index is 0.00500. The van der Waals surface area contributed by atoms with Crippen LogP contribution in [0.5, 0.6) is 0 Å². The van der Waals surface area contributed by atoms with Crippen molar-refractivity contribution in [2.45, 2.75) is 101 Å². The first kappa shape index (κ1) is 36.1. The number of aliphatic imine (C=N–C) groups is 4. The molecular formula is C34H45N9O4S2. The summed E-state index contributed by atoms with van der Waals surface area (Å²) in [7, 11) is -6.98. The first-order valence-corrected chi connectivity index (χ1v) is 20.4. The Balaban J connectivity index is 1.29. The Morgan fingerprint density at radius 1 is 0.612 bits per heavy atom. The summed E-state index contributed by atoms with van der Waals surface area (Å²) in [5, 5.41) is 6.82. The third-order valence-electron chi connectivity index (χ3n) is 8.60. The Morgan fingerprint density at radius 2 is 1.10 bits per heavy atom. The SMILES string of the molecule is CCCCCCCCS(=O)(=O)c1ccc2c(c1)C(N)=N/C2=N/c1nc(/N=C2\N=C(N)c3ccc(S(=O)(=O)CCCCCCCC)cc32)n[nH]1. The van der Waals surface area contributed by atoms with Crippen LogP contribution in [-0.4, -0.2) is 66.9 Å². The fraction of sp³-hybridized carbons (Fsp3) is 0.471. The molecule has 49 heavy (non-hydrogen) atoms. The first-order valence-electron chi connectivity index (χ1n) is 17.1. The number of sulfone groups is 2. The average Bonchev–Trinajstić information content (AvgIpc) is 3.75. The van der Waals surface area contributed by atoms with Crippen LogP contribution in [-0.2, 0) is 19.7 Å². The average molecular weight is 708 g/mol. The van der Waals surface area contributed by atoms with Crippen LogP contribution in [0.4, 0.5) is 11.9 Å². The monoisotopic (exact) mass is 707 g/mol. The molecule has 0 fully saturated rings. The molecule has 3 aromatic rings. The second-order valence-electron chi connectivity index (χ2n) is 12.4. The lowest BCUT2D eigenvalue weighted by Crippen LogP contribution is -2.13. The van der Waals surface area contributed by atoms with E-state index in [-0.39, 0.29) is 56.5 Å². The zero-order chi connectivity index (χ0) is 35.0. The van der Waals surface area contributed by atoms with Crippen molar-refractivity contribution in [3.8, 4) is 0 Å². The number of unbranched alkanes of at least 4 members (excludes halogenated alkanes) is 10. The number of amidine groups is 4. The van der Waals surface area contributed by atoms with Gasteiger partial charge in [0.05, 0.1) is 21.3 Å². The summed E-state index contributed by atoms with van der Waals surface area (Å²) in [5.74, 6) is 1.04. The van der Waals surface area contributed by atoms with Crippen LogP contribution in [0.25, 0.3) is 0 Å². The summed E-state index contributed by atoms with van der Waals surface area (Å²) in [6.07, 6.45) is 11.9. The maximum absolute atomic E-state index is 13.1. The van der Waals surface area contributed by atoms with Gasteiger partial charge in [-0.15, -0.1) is 5.10 Å². The molecule has 13 nitrogen and oxygen atoms in total. The van der Waals surface area contributed by atoms with Gasteiger partial charge in [-0.2, -0.15) is 15.0 Å². The molecule has 2 aliphatic heterocycles. The molecule has 0 spiro atoms. The number of hydrogen-bond acceptors (Lipinski definition) is 10. The van der Waals surface area contributed by atoms with E-state index >= 15 is 0 Å². The summed E-state index contributed by atoms with van der Waals surface area (Å²) in [5.41, 5.74) is 14.4. The van der Waals surface area contributed by atoms with E-state index in [2.05, 4.69) is 49.0 Å². The van der Waals surface area contributed by atoms with Gasteiger partial charge in [0.2, 0.25) is 5.95 Å². The number of nitrogens with zero attached hydrogens (tertiary/aromatic N) is 6. The van der Waals surface area contributed by atoms with Gasteiger partial charge in [-0.3, -0.25) is 0 Å². The minimum Gasteiger partial charge on any atom is -0.383 e. The predicted octanol–water partition coefficient (Wildman–Crippen LogP) is 5.67. The van der Waals surface area contributed by atoms with Crippen molar-refractivity contribution in [3.63, 3.8) is 0 Å². The second-order valence-corrected chi connectivity index (χ2v) is 16.6. The van der Waals surface area contributed by atoms with E-state index in [0.717, 1.165) is 64.2 Å². The molecule has 2 aromatic carbocycles. The van der Waals surface area contributed by atoms with E-state index in [1.165, 1.54) is 0 Å². The summed E-state index contributed by atoms with van der Waals surface area (Å²) in [6.45, 7) is 4.29. The molecule has 0 atom stereocenters. The third kappa shape index (κ3) is 8.87. The highest BCUT2D eigenvalue weighted by Crippen LogP contribution is 2.27. The molecule has 5 N–H and O–H groups in total. The molecule has 0 bridgehead atoms. The van der Waals surface area contributed by atoms with Gasteiger partial charge >= 0.3 is 0 Å². The highest BCUT2D eigenvalue weighted by Gasteiger charge is 2.26. The number of aromatic nitrogens is 3. The van der Waals surface area contributed by atoms with Crippen LogP contribution >= 0.6 is 0 Å². The van der Waals surface area contributed by atoms with Gasteiger partial charge in [0.1, 0.15) is 11.7 Å². The van der Waals surface area contributed by atoms with Gasteiger partial charge in [-0.1, -0.05) is 78.1 Å². The zero-order valence-electron chi connectivity index (χ0n) is 28.2. The number of rotatable bonds is 18. The standard InChI is InChI=1S/C34H45N9O4S2/c1-3-5-7-9-11-13-19-48(44,45)23-16-18-26-27(21-23)30(36)38-31(26)39-33-41-34(43-42-33)40-32-28-22-24(15-17-25(28)29(35)37-32)49(46,47)20-14-12-10-8-6-4-2/h15-18,21-22H,3-14,19-20H2,1-2H3,(H5,35,36,37,38,39,40,41,42,43). The lowest BCUT2D eigenvalue weighted by Gasteiger charge is -2.07. The Hall–Kier alpha value is -4.24. The molecule has 262 valence electrons. The number of H-pyrrole nitrogens is 1. The maximum Gasteiger partial charge on any atom is 0.272 e. The maximum atomic E-state index is 13.1. The molecule has 0 aliphatic carbocycles. The minimum atomic E-state index is -3.50.